The standard InChI is InChI=1S/C12H14F3NO/c1-17-6-10(7-2-3-7)16-9-5-4-8(13)11(14)12(9)15/h4-5,7,10,16H,2-3,6H2,1H3. The maximum Gasteiger partial charge on any atom is 0.196 e. The number of hydrogen-bond donors (Lipinski definition) is 1. The number of anilines is 1. The van der Waals surface area contributed by atoms with E-state index in [-0.39, 0.29) is 11.7 Å². The Morgan fingerprint density at radius 2 is 2.00 bits per heavy atom. The average Bonchev–Trinajstić information content (AvgIpc) is 3.13. The van der Waals surface area contributed by atoms with E-state index in [4.69, 9.17) is 4.74 Å². The molecule has 1 fully saturated rings. The molecule has 0 radical (unpaired) electrons. The van der Waals surface area contributed by atoms with Gasteiger partial charge >= 0.3 is 0 Å². The van der Waals surface area contributed by atoms with Crippen LogP contribution in [0.5, 0.6) is 0 Å². The Balaban J connectivity index is 2.13. The van der Waals surface area contributed by atoms with E-state index >= 15 is 0 Å². The first kappa shape index (κ1) is 12.2. The fourth-order valence-corrected chi connectivity index (χ4v) is 1.81. The van der Waals surface area contributed by atoms with Crippen molar-refractivity contribution in [3.8, 4) is 0 Å². The molecular formula is C12H14F3NO. The van der Waals surface area contributed by atoms with Crippen LogP contribution in [0.1, 0.15) is 12.8 Å². The zero-order valence-corrected chi connectivity index (χ0v) is 9.47. The average molecular weight is 245 g/mol. The Hall–Kier alpha value is -1.23. The second-order valence-corrected chi connectivity index (χ2v) is 4.27. The summed E-state index contributed by atoms with van der Waals surface area (Å²) < 4.78 is 44.2. The SMILES string of the molecule is COCC(Nc1ccc(F)c(F)c1F)C1CC1. The predicted octanol–water partition coefficient (Wildman–Crippen LogP) is 2.94. The largest absolute Gasteiger partial charge is 0.383 e. The van der Waals surface area contributed by atoms with Gasteiger partial charge in [-0.15, -0.1) is 0 Å². The van der Waals surface area contributed by atoms with Crippen LogP contribution < -0.4 is 5.32 Å². The third-order valence-corrected chi connectivity index (χ3v) is 2.91. The van der Waals surface area contributed by atoms with Gasteiger partial charge in [0.2, 0.25) is 0 Å². The monoisotopic (exact) mass is 245 g/mol. The van der Waals surface area contributed by atoms with Crippen LogP contribution in [0.3, 0.4) is 0 Å². The lowest BCUT2D eigenvalue weighted by molar-refractivity contribution is 0.179. The zero-order valence-electron chi connectivity index (χ0n) is 9.47. The van der Waals surface area contributed by atoms with Gasteiger partial charge in [0.25, 0.3) is 0 Å². The van der Waals surface area contributed by atoms with Crippen LogP contribution in [0.4, 0.5) is 18.9 Å². The Morgan fingerprint density at radius 3 is 2.59 bits per heavy atom. The van der Waals surface area contributed by atoms with Gasteiger partial charge in [-0.25, -0.2) is 13.2 Å². The summed E-state index contributed by atoms with van der Waals surface area (Å²) in [7, 11) is 1.55. The molecule has 1 saturated carbocycles. The van der Waals surface area contributed by atoms with Gasteiger partial charge in [-0.05, 0) is 30.9 Å². The Labute approximate surface area is 97.8 Å². The van der Waals surface area contributed by atoms with Gasteiger partial charge in [0.1, 0.15) is 0 Å². The molecule has 17 heavy (non-hydrogen) atoms. The molecule has 5 heteroatoms. The first-order valence-corrected chi connectivity index (χ1v) is 5.52. The van der Waals surface area contributed by atoms with E-state index < -0.39 is 17.5 Å². The van der Waals surface area contributed by atoms with Crippen LogP contribution in [-0.2, 0) is 4.74 Å². The van der Waals surface area contributed by atoms with Crippen molar-refractivity contribution in [3.63, 3.8) is 0 Å². The molecule has 1 aliphatic rings. The number of halogens is 3. The molecule has 0 aromatic heterocycles. The Kier molecular flexibility index (Phi) is 3.57. The molecule has 0 spiro atoms. The zero-order chi connectivity index (χ0) is 12.4. The highest BCUT2D eigenvalue weighted by Crippen LogP contribution is 2.35. The molecule has 0 saturated heterocycles. The van der Waals surface area contributed by atoms with E-state index in [0.29, 0.717) is 12.5 Å². The fraction of sp³-hybridized carbons (Fsp3) is 0.500. The number of ether oxygens (including phenoxy) is 1. The highest BCUT2D eigenvalue weighted by atomic mass is 19.2. The van der Waals surface area contributed by atoms with Crippen molar-refractivity contribution in [3.05, 3.63) is 29.6 Å². The highest BCUT2D eigenvalue weighted by molar-refractivity contribution is 5.46. The maximum absolute atomic E-state index is 13.4. The second kappa shape index (κ2) is 4.96. The summed E-state index contributed by atoms with van der Waals surface area (Å²) in [6, 6.07) is 2.07. The summed E-state index contributed by atoms with van der Waals surface area (Å²) >= 11 is 0. The van der Waals surface area contributed by atoms with Crippen molar-refractivity contribution < 1.29 is 17.9 Å². The summed E-state index contributed by atoms with van der Waals surface area (Å²) in [6.07, 6.45) is 2.10. The number of nitrogens with one attached hydrogen (secondary N) is 1. The van der Waals surface area contributed by atoms with Gasteiger partial charge in [-0.2, -0.15) is 0 Å². The molecule has 2 nitrogen and oxygen atoms in total. The number of benzene rings is 1. The van der Waals surface area contributed by atoms with Gasteiger partial charge in [0.05, 0.1) is 18.3 Å². The summed E-state index contributed by atoms with van der Waals surface area (Å²) in [4.78, 5) is 0. The van der Waals surface area contributed by atoms with Gasteiger partial charge < -0.3 is 10.1 Å². The van der Waals surface area contributed by atoms with Gasteiger partial charge in [-0.3, -0.25) is 0 Å². The molecule has 0 aliphatic heterocycles. The van der Waals surface area contributed by atoms with E-state index in [0.717, 1.165) is 18.9 Å². The lowest BCUT2D eigenvalue weighted by Crippen LogP contribution is -2.27. The van der Waals surface area contributed by atoms with Gasteiger partial charge in [0.15, 0.2) is 17.5 Å². The van der Waals surface area contributed by atoms with Crippen LogP contribution in [-0.4, -0.2) is 19.8 Å². The number of methoxy groups -OCH3 is 1. The quantitative estimate of drug-likeness (QED) is 0.805. The third kappa shape index (κ3) is 2.72. The summed E-state index contributed by atoms with van der Waals surface area (Å²) in [6.45, 7) is 0.420. The molecule has 1 N–H and O–H groups in total. The van der Waals surface area contributed by atoms with E-state index in [1.807, 2.05) is 0 Å². The van der Waals surface area contributed by atoms with Crippen molar-refractivity contribution in [1.29, 1.82) is 0 Å². The van der Waals surface area contributed by atoms with Crippen LogP contribution in [0, 0.1) is 23.4 Å². The van der Waals surface area contributed by atoms with Gasteiger partial charge in [-0.1, -0.05) is 0 Å². The molecule has 1 aromatic carbocycles. The normalized spacial score (nSPS) is 16.9. The lowest BCUT2D eigenvalue weighted by Gasteiger charge is -2.19. The number of rotatable bonds is 5. The van der Waals surface area contributed by atoms with Crippen LogP contribution >= 0.6 is 0 Å². The molecule has 0 heterocycles. The Bertz CT molecular complexity index is 407. The topological polar surface area (TPSA) is 21.3 Å². The molecule has 1 atom stereocenters. The summed E-state index contributed by atoms with van der Waals surface area (Å²) in [5, 5.41) is 2.87. The van der Waals surface area contributed by atoms with Crippen molar-refractivity contribution >= 4 is 5.69 Å². The maximum atomic E-state index is 13.4. The Morgan fingerprint density at radius 1 is 1.29 bits per heavy atom. The smallest absolute Gasteiger partial charge is 0.196 e. The highest BCUT2D eigenvalue weighted by Gasteiger charge is 2.31. The fourth-order valence-electron chi connectivity index (χ4n) is 1.81. The van der Waals surface area contributed by atoms with E-state index in [1.165, 1.54) is 6.07 Å². The second-order valence-electron chi connectivity index (χ2n) is 4.27. The molecule has 2 rings (SSSR count). The van der Waals surface area contributed by atoms with Crippen molar-refractivity contribution in [1.82, 2.24) is 0 Å². The molecule has 1 unspecified atom stereocenters. The van der Waals surface area contributed by atoms with Crippen molar-refractivity contribution in [2.45, 2.75) is 18.9 Å². The summed E-state index contributed by atoms with van der Waals surface area (Å²) in [5.41, 5.74) is -0.0159. The lowest BCUT2D eigenvalue weighted by atomic mass is 10.1. The number of hydrogen-bond acceptors (Lipinski definition) is 2. The summed E-state index contributed by atoms with van der Waals surface area (Å²) in [5.74, 6) is -3.38. The van der Waals surface area contributed by atoms with Crippen LogP contribution in [0.25, 0.3) is 0 Å². The minimum absolute atomic E-state index is 0.0159. The third-order valence-electron chi connectivity index (χ3n) is 2.91. The molecule has 0 bridgehead atoms. The first-order chi connectivity index (χ1) is 8.13. The van der Waals surface area contributed by atoms with E-state index in [1.54, 1.807) is 7.11 Å². The van der Waals surface area contributed by atoms with Crippen molar-refractivity contribution in [2.24, 2.45) is 5.92 Å². The molecule has 0 amide bonds. The van der Waals surface area contributed by atoms with E-state index in [9.17, 15) is 13.2 Å². The molecule has 1 aromatic rings. The van der Waals surface area contributed by atoms with Gasteiger partial charge in [0, 0.05) is 7.11 Å². The van der Waals surface area contributed by atoms with Crippen LogP contribution in [0.2, 0.25) is 0 Å². The molecule has 1 aliphatic carbocycles. The van der Waals surface area contributed by atoms with Crippen LogP contribution in [0.15, 0.2) is 12.1 Å². The molecular weight excluding hydrogens is 231 g/mol. The minimum atomic E-state index is -1.44. The first-order valence-electron chi connectivity index (χ1n) is 5.52. The molecule has 94 valence electrons. The minimum Gasteiger partial charge on any atom is -0.383 e. The van der Waals surface area contributed by atoms with Crippen molar-refractivity contribution in [2.75, 3.05) is 19.0 Å². The predicted molar refractivity (Wildman–Crippen MR) is 58.3 cm³/mol. The van der Waals surface area contributed by atoms with E-state index in [2.05, 4.69) is 5.32 Å².